The predicted octanol–water partition coefficient (Wildman–Crippen LogP) is 2.32. The first kappa shape index (κ1) is 11.9. The third-order valence-corrected chi connectivity index (χ3v) is 2.38. The van der Waals surface area contributed by atoms with Gasteiger partial charge in [-0.15, -0.1) is 0 Å². The number of carbonyl (C=O) groups is 1. The van der Waals surface area contributed by atoms with Crippen molar-refractivity contribution in [1.29, 1.82) is 0 Å². The van der Waals surface area contributed by atoms with Crippen LogP contribution in [0.5, 0.6) is 0 Å². The molecule has 0 spiro atoms. The SMILES string of the molecule is NC(=O)c1ccccc1C#Cc1ccc(F)cc1. The fourth-order valence-corrected chi connectivity index (χ4v) is 1.48. The van der Waals surface area contributed by atoms with Crippen LogP contribution in [0.25, 0.3) is 0 Å². The minimum atomic E-state index is -0.515. The summed E-state index contributed by atoms with van der Waals surface area (Å²) in [5.41, 5.74) is 6.87. The average molecular weight is 239 g/mol. The maximum Gasteiger partial charge on any atom is 0.249 e. The summed E-state index contributed by atoms with van der Waals surface area (Å²) in [6.07, 6.45) is 0. The third-order valence-electron chi connectivity index (χ3n) is 2.38. The lowest BCUT2D eigenvalue weighted by atomic mass is 10.1. The summed E-state index contributed by atoms with van der Waals surface area (Å²) in [6, 6.07) is 12.7. The second-order valence-electron chi connectivity index (χ2n) is 3.67. The highest BCUT2D eigenvalue weighted by molar-refractivity contribution is 5.95. The van der Waals surface area contributed by atoms with Crippen molar-refractivity contribution in [2.24, 2.45) is 5.73 Å². The highest BCUT2D eigenvalue weighted by atomic mass is 19.1. The monoisotopic (exact) mass is 239 g/mol. The molecule has 2 nitrogen and oxygen atoms in total. The van der Waals surface area contributed by atoms with E-state index in [0.29, 0.717) is 16.7 Å². The van der Waals surface area contributed by atoms with E-state index in [0.717, 1.165) is 0 Å². The van der Waals surface area contributed by atoms with Gasteiger partial charge >= 0.3 is 0 Å². The lowest BCUT2D eigenvalue weighted by Gasteiger charge is -1.98. The van der Waals surface area contributed by atoms with Crippen molar-refractivity contribution in [3.05, 3.63) is 71.0 Å². The Morgan fingerprint density at radius 1 is 1.00 bits per heavy atom. The lowest BCUT2D eigenvalue weighted by molar-refractivity contribution is 0.1000. The predicted molar refractivity (Wildman–Crippen MR) is 67.3 cm³/mol. The van der Waals surface area contributed by atoms with Gasteiger partial charge in [0.1, 0.15) is 5.82 Å². The maximum atomic E-state index is 12.7. The molecule has 0 aromatic heterocycles. The molecule has 0 atom stereocenters. The number of halogens is 1. The highest BCUT2D eigenvalue weighted by Gasteiger charge is 2.03. The summed E-state index contributed by atoms with van der Waals surface area (Å²) in [4.78, 5) is 11.2. The van der Waals surface area contributed by atoms with Gasteiger partial charge in [-0.1, -0.05) is 24.0 Å². The number of amides is 1. The van der Waals surface area contributed by atoms with E-state index in [1.807, 2.05) is 0 Å². The second-order valence-corrected chi connectivity index (χ2v) is 3.67. The quantitative estimate of drug-likeness (QED) is 0.762. The standard InChI is InChI=1S/C15H10FNO/c16-13-9-6-11(7-10-13)5-8-12-3-1-2-4-14(12)15(17)18/h1-4,6-7,9-10H,(H2,17,18). The zero-order valence-electron chi connectivity index (χ0n) is 9.48. The summed E-state index contributed by atoms with van der Waals surface area (Å²) in [6.45, 7) is 0. The Morgan fingerprint density at radius 2 is 1.67 bits per heavy atom. The number of primary amides is 1. The number of hydrogen-bond donors (Lipinski definition) is 1. The van der Waals surface area contributed by atoms with Gasteiger partial charge in [-0.05, 0) is 36.4 Å². The van der Waals surface area contributed by atoms with Crippen LogP contribution < -0.4 is 5.73 Å². The van der Waals surface area contributed by atoms with Crippen molar-refractivity contribution in [3.63, 3.8) is 0 Å². The number of hydrogen-bond acceptors (Lipinski definition) is 1. The zero-order valence-corrected chi connectivity index (χ0v) is 9.48. The van der Waals surface area contributed by atoms with Crippen molar-refractivity contribution >= 4 is 5.91 Å². The Morgan fingerprint density at radius 3 is 2.33 bits per heavy atom. The van der Waals surface area contributed by atoms with E-state index < -0.39 is 5.91 Å². The molecular formula is C15H10FNO. The molecule has 0 saturated heterocycles. The Hall–Kier alpha value is -2.60. The number of nitrogens with two attached hydrogens (primary N) is 1. The molecule has 0 heterocycles. The van der Waals surface area contributed by atoms with E-state index >= 15 is 0 Å². The summed E-state index contributed by atoms with van der Waals surface area (Å²) >= 11 is 0. The summed E-state index contributed by atoms with van der Waals surface area (Å²) in [5.74, 6) is 4.89. The highest BCUT2D eigenvalue weighted by Crippen LogP contribution is 2.07. The Kier molecular flexibility index (Phi) is 3.40. The summed E-state index contributed by atoms with van der Waals surface area (Å²) in [7, 11) is 0. The normalized spacial score (nSPS) is 9.39. The largest absolute Gasteiger partial charge is 0.366 e. The van der Waals surface area contributed by atoms with E-state index in [1.165, 1.54) is 12.1 Å². The van der Waals surface area contributed by atoms with Gasteiger partial charge in [-0.25, -0.2) is 4.39 Å². The minimum Gasteiger partial charge on any atom is -0.366 e. The smallest absolute Gasteiger partial charge is 0.249 e. The molecule has 0 aliphatic carbocycles. The second kappa shape index (κ2) is 5.15. The van der Waals surface area contributed by atoms with Crippen molar-refractivity contribution < 1.29 is 9.18 Å². The number of benzene rings is 2. The minimum absolute atomic E-state index is 0.307. The van der Waals surface area contributed by atoms with Crippen LogP contribution in [0, 0.1) is 17.7 Å². The molecule has 2 aromatic rings. The van der Waals surface area contributed by atoms with Crippen molar-refractivity contribution in [2.45, 2.75) is 0 Å². The topological polar surface area (TPSA) is 43.1 Å². The molecule has 0 saturated carbocycles. The Bertz CT molecular complexity index is 636. The van der Waals surface area contributed by atoms with Gasteiger partial charge in [0.25, 0.3) is 0 Å². The summed E-state index contributed by atoms with van der Waals surface area (Å²) in [5, 5.41) is 0. The molecular weight excluding hydrogens is 229 g/mol. The van der Waals surface area contributed by atoms with Crippen LogP contribution in [0.3, 0.4) is 0 Å². The van der Waals surface area contributed by atoms with Gasteiger partial charge in [0, 0.05) is 11.1 Å². The average Bonchev–Trinajstić information content (AvgIpc) is 2.38. The number of carbonyl (C=O) groups excluding carboxylic acids is 1. The van der Waals surface area contributed by atoms with Crippen LogP contribution in [-0.4, -0.2) is 5.91 Å². The zero-order chi connectivity index (χ0) is 13.0. The van der Waals surface area contributed by atoms with Crippen LogP contribution in [0.2, 0.25) is 0 Å². The molecule has 0 aliphatic rings. The van der Waals surface area contributed by atoms with Crippen molar-refractivity contribution in [1.82, 2.24) is 0 Å². The van der Waals surface area contributed by atoms with Gasteiger partial charge in [0.05, 0.1) is 5.56 Å². The maximum absolute atomic E-state index is 12.7. The van der Waals surface area contributed by atoms with Gasteiger partial charge in [-0.3, -0.25) is 4.79 Å². The first-order chi connectivity index (χ1) is 8.66. The molecule has 2 N–H and O–H groups in total. The first-order valence-corrected chi connectivity index (χ1v) is 5.33. The molecule has 0 bridgehead atoms. The van der Waals surface area contributed by atoms with Crippen LogP contribution in [0.4, 0.5) is 4.39 Å². The number of rotatable bonds is 1. The van der Waals surface area contributed by atoms with Gasteiger partial charge < -0.3 is 5.73 Å². The van der Waals surface area contributed by atoms with E-state index in [1.54, 1.807) is 36.4 Å². The molecule has 1 amide bonds. The van der Waals surface area contributed by atoms with E-state index in [9.17, 15) is 9.18 Å². The Balaban J connectivity index is 2.35. The molecule has 0 radical (unpaired) electrons. The molecule has 18 heavy (non-hydrogen) atoms. The van der Waals surface area contributed by atoms with Crippen molar-refractivity contribution in [3.8, 4) is 11.8 Å². The van der Waals surface area contributed by atoms with Gasteiger partial charge in [0.15, 0.2) is 0 Å². The fourth-order valence-electron chi connectivity index (χ4n) is 1.48. The summed E-state index contributed by atoms with van der Waals surface area (Å²) < 4.78 is 12.7. The fraction of sp³-hybridized carbons (Fsp3) is 0. The van der Waals surface area contributed by atoms with E-state index in [-0.39, 0.29) is 5.82 Å². The van der Waals surface area contributed by atoms with Crippen LogP contribution in [-0.2, 0) is 0 Å². The molecule has 2 rings (SSSR count). The molecule has 0 unspecified atom stereocenters. The molecule has 3 heteroatoms. The molecule has 0 aliphatic heterocycles. The van der Waals surface area contributed by atoms with E-state index in [2.05, 4.69) is 11.8 Å². The van der Waals surface area contributed by atoms with E-state index in [4.69, 9.17) is 5.73 Å². The van der Waals surface area contributed by atoms with Crippen molar-refractivity contribution in [2.75, 3.05) is 0 Å². The lowest BCUT2D eigenvalue weighted by Crippen LogP contribution is -2.12. The van der Waals surface area contributed by atoms with Gasteiger partial charge in [0.2, 0.25) is 5.91 Å². The van der Waals surface area contributed by atoms with Crippen LogP contribution in [0.1, 0.15) is 21.5 Å². The Labute approximate surface area is 104 Å². The molecule has 0 fully saturated rings. The third kappa shape index (κ3) is 2.74. The van der Waals surface area contributed by atoms with Crippen LogP contribution >= 0.6 is 0 Å². The van der Waals surface area contributed by atoms with Gasteiger partial charge in [-0.2, -0.15) is 0 Å². The molecule has 2 aromatic carbocycles. The molecule has 88 valence electrons. The first-order valence-electron chi connectivity index (χ1n) is 5.33. The van der Waals surface area contributed by atoms with Crippen LogP contribution in [0.15, 0.2) is 48.5 Å².